The van der Waals surface area contributed by atoms with Crippen molar-refractivity contribution in [1.29, 1.82) is 0 Å². The quantitative estimate of drug-likeness (QED) is 0.907. The maximum atomic E-state index is 13.2. The van der Waals surface area contributed by atoms with Gasteiger partial charge in [-0.25, -0.2) is 8.78 Å². The molecule has 0 aliphatic carbocycles. The minimum atomic E-state index is -0.943. The third-order valence-electron chi connectivity index (χ3n) is 2.91. The predicted octanol–water partition coefficient (Wildman–Crippen LogP) is 4.11. The van der Waals surface area contributed by atoms with Gasteiger partial charge in [0, 0.05) is 0 Å². The molecule has 2 nitrogen and oxygen atoms in total. The van der Waals surface area contributed by atoms with Crippen molar-refractivity contribution >= 4 is 17.5 Å². The second-order valence-electron chi connectivity index (χ2n) is 4.35. The van der Waals surface area contributed by atoms with E-state index < -0.39 is 17.7 Å². The van der Waals surface area contributed by atoms with E-state index in [0.717, 1.165) is 12.1 Å². The van der Waals surface area contributed by atoms with Crippen LogP contribution in [0.25, 0.3) is 0 Å². The van der Waals surface area contributed by atoms with Crippen LogP contribution in [-0.4, -0.2) is 5.91 Å². The van der Waals surface area contributed by atoms with E-state index in [1.807, 2.05) is 0 Å². The van der Waals surface area contributed by atoms with Gasteiger partial charge in [0.2, 0.25) is 0 Å². The van der Waals surface area contributed by atoms with Gasteiger partial charge in [0.25, 0.3) is 5.91 Å². The molecule has 0 aromatic heterocycles. The van der Waals surface area contributed by atoms with E-state index in [1.165, 1.54) is 6.07 Å². The summed E-state index contributed by atoms with van der Waals surface area (Å²) in [5, 5.41) is 3.02. The van der Waals surface area contributed by atoms with Crippen molar-refractivity contribution in [3.8, 4) is 0 Å². The minimum absolute atomic E-state index is 0.336. The lowest BCUT2D eigenvalue weighted by molar-refractivity contribution is 0.0940. The van der Waals surface area contributed by atoms with Crippen molar-refractivity contribution in [2.45, 2.75) is 13.0 Å². The first-order chi connectivity index (χ1) is 9.49. The zero-order valence-corrected chi connectivity index (χ0v) is 11.4. The Morgan fingerprint density at radius 2 is 1.85 bits per heavy atom. The van der Waals surface area contributed by atoms with Crippen LogP contribution in [0.5, 0.6) is 0 Å². The molecular weight excluding hydrogens is 284 g/mol. The van der Waals surface area contributed by atoms with E-state index in [9.17, 15) is 13.6 Å². The van der Waals surface area contributed by atoms with Gasteiger partial charge < -0.3 is 5.32 Å². The number of carbonyl (C=O) groups is 1. The number of hydrogen-bond donors (Lipinski definition) is 1. The lowest BCUT2D eigenvalue weighted by Crippen LogP contribution is -2.27. The van der Waals surface area contributed by atoms with Crippen molar-refractivity contribution in [3.05, 3.63) is 70.2 Å². The molecule has 20 heavy (non-hydrogen) atoms. The van der Waals surface area contributed by atoms with Crippen LogP contribution >= 0.6 is 11.6 Å². The zero-order chi connectivity index (χ0) is 14.7. The highest BCUT2D eigenvalue weighted by Crippen LogP contribution is 2.19. The van der Waals surface area contributed by atoms with Gasteiger partial charge in [0.05, 0.1) is 16.6 Å². The number of rotatable bonds is 3. The third kappa shape index (κ3) is 3.14. The van der Waals surface area contributed by atoms with Crippen LogP contribution in [0.3, 0.4) is 0 Å². The predicted molar refractivity (Wildman–Crippen MR) is 73.7 cm³/mol. The van der Waals surface area contributed by atoms with Crippen LogP contribution in [0.4, 0.5) is 8.78 Å². The summed E-state index contributed by atoms with van der Waals surface area (Å²) in [6.45, 7) is 1.68. The molecule has 2 rings (SSSR count). The van der Waals surface area contributed by atoms with Gasteiger partial charge in [-0.3, -0.25) is 4.79 Å². The molecule has 0 aliphatic rings. The smallest absolute Gasteiger partial charge is 0.253 e. The molecule has 0 aliphatic heterocycles. The van der Waals surface area contributed by atoms with Gasteiger partial charge in [-0.05, 0) is 36.8 Å². The Balaban J connectivity index is 2.15. The molecule has 1 atom stereocenters. The van der Waals surface area contributed by atoms with Crippen molar-refractivity contribution in [1.82, 2.24) is 5.32 Å². The largest absolute Gasteiger partial charge is 0.345 e. The third-order valence-corrected chi connectivity index (χ3v) is 3.24. The van der Waals surface area contributed by atoms with Crippen LogP contribution in [0, 0.1) is 11.6 Å². The Bertz CT molecular complexity index is 646. The molecule has 0 bridgehead atoms. The van der Waals surface area contributed by atoms with E-state index in [0.29, 0.717) is 16.1 Å². The summed E-state index contributed by atoms with van der Waals surface area (Å²) >= 11 is 5.92. The van der Waals surface area contributed by atoms with E-state index in [2.05, 4.69) is 5.32 Å². The fourth-order valence-electron chi connectivity index (χ4n) is 1.78. The molecule has 0 fully saturated rings. The fourth-order valence-corrected chi connectivity index (χ4v) is 2.01. The number of carbonyl (C=O) groups excluding carboxylic acids is 1. The van der Waals surface area contributed by atoms with Gasteiger partial charge in [-0.1, -0.05) is 29.8 Å². The molecule has 0 radical (unpaired) electrons. The molecule has 1 N–H and O–H groups in total. The summed E-state index contributed by atoms with van der Waals surface area (Å²) in [6, 6.07) is 9.68. The highest BCUT2D eigenvalue weighted by molar-refractivity contribution is 6.33. The van der Waals surface area contributed by atoms with Gasteiger partial charge in [-0.2, -0.15) is 0 Å². The molecule has 0 saturated heterocycles. The Morgan fingerprint density at radius 3 is 2.50 bits per heavy atom. The molecule has 0 saturated carbocycles. The summed E-state index contributed by atoms with van der Waals surface area (Å²) in [4.78, 5) is 12.0. The number of nitrogens with one attached hydrogen (secondary N) is 1. The zero-order valence-electron chi connectivity index (χ0n) is 10.7. The van der Waals surface area contributed by atoms with Crippen LogP contribution in [0.15, 0.2) is 42.5 Å². The summed E-state index contributed by atoms with van der Waals surface area (Å²) in [5.74, 6) is -2.23. The molecule has 0 heterocycles. The van der Waals surface area contributed by atoms with Crippen molar-refractivity contribution in [3.63, 3.8) is 0 Å². The number of halogens is 3. The number of hydrogen-bond acceptors (Lipinski definition) is 1. The summed E-state index contributed by atoms with van der Waals surface area (Å²) in [6.07, 6.45) is 0. The minimum Gasteiger partial charge on any atom is -0.345 e. The van der Waals surface area contributed by atoms with Crippen LogP contribution in [0.2, 0.25) is 5.02 Å². The van der Waals surface area contributed by atoms with Crippen LogP contribution in [0.1, 0.15) is 28.9 Å². The molecule has 2 aromatic rings. The van der Waals surface area contributed by atoms with Gasteiger partial charge >= 0.3 is 0 Å². The highest BCUT2D eigenvalue weighted by atomic mass is 35.5. The first-order valence-electron chi connectivity index (χ1n) is 5.99. The first kappa shape index (κ1) is 14.5. The topological polar surface area (TPSA) is 29.1 Å². The molecule has 104 valence electrons. The molecule has 1 unspecified atom stereocenters. The van der Waals surface area contributed by atoms with Crippen molar-refractivity contribution in [2.24, 2.45) is 0 Å². The Hall–Kier alpha value is -1.94. The molecule has 5 heteroatoms. The second-order valence-corrected chi connectivity index (χ2v) is 4.76. The maximum absolute atomic E-state index is 13.2. The lowest BCUT2D eigenvalue weighted by atomic mass is 10.1. The van der Waals surface area contributed by atoms with Gasteiger partial charge in [0.15, 0.2) is 11.6 Å². The molecule has 0 spiro atoms. The van der Waals surface area contributed by atoms with E-state index in [-0.39, 0.29) is 5.91 Å². The molecule has 2 aromatic carbocycles. The average Bonchev–Trinajstić information content (AvgIpc) is 2.42. The van der Waals surface area contributed by atoms with E-state index in [1.54, 1.807) is 31.2 Å². The Kier molecular flexibility index (Phi) is 4.35. The van der Waals surface area contributed by atoms with Gasteiger partial charge in [0.1, 0.15) is 0 Å². The maximum Gasteiger partial charge on any atom is 0.253 e. The summed E-state index contributed by atoms with van der Waals surface area (Å²) in [5.41, 5.74) is 0.813. The number of amides is 1. The summed E-state index contributed by atoms with van der Waals surface area (Å²) < 4.78 is 26.0. The monoisotopic (exact) mass is 295 g/mol. The van der Waals surface area contributed by atoms with Crippen LogP contribution in [-0.2, 0) is 0 Å². The SMILES string of the molecule is CC(NC(=O)c1ccccc1Cl)c1ccc(F)c(F)c1. The highest BCUT2D eigenvalue weighted by Gasteiger charge is 2.15. The number of benzene rings is 2. The van der Waals surface area contributed by atoms with E-state index in [4.69, 9.17) is 11.6 Å². The van der Waals surface area contributed by atoms with Crippen LogP contribution < -0.4 is 5.32 Å². The molecular formula is C15H12ClF2NO. The average molecular weight is 296 g/mol. The normalized spacial score (nSPS) is 12.0. The summed E-state index contributed by atoms with van der Waals surface area (Å²) in [7, 11) is 0. The molecule has 1 amide bonds. The lowest BCUT2D eigenvalue weighted by Gasteiger charge is -2.15. The fraction of sp³-hybridized carbons (Fsp3) is 0.133. The van der Waals surface area contributed by atoms with Gasteiger partial charge in [-0.15, -0.1) is 0 Å². The standard InChI is InChI=1S/C15H12ClF2NO/c1-9(10-6-7-13(17)14(18)8-10)19-15(20)11-4-2-3-5-12(11)16/h2-9H,1H3,(H,19,20). The van der Waals surface area contributed by atoms with Crippen molar-refractivity contribution in [2.75, 3.05) is 0 Å². The second kappa shape index (κ2) is 6.01. The van der Waals surface area contributed by atoms with Crippen molar-refractivity contribution < 1.29 is 13.6 Å². The van der Waals surface area contributed by atoms with E-state index >= 15 is 0 Å². The Morgan fingerprint density at radius 1 is 1.15 bits per heavy atom. The Labute approximate surface area is 120 Å². The first-order valence-corrected chi connectivity index (χ1v) is 6.37.